The lowest BCUT2D eigenvalue weighted by molar-refractivity contribution is -0.142. The van der Waals surface area contributed by atoms with Gasteiger partial charge in [0.25, 0.3) is 0 Å². The molecule has 0 fully saturated rings. The Labute approximate surface area is 102 Å². The number of benzene rings is 1. The molecule has 4 nitrogen and oxygen atoms in total. The SMILES string of the molecule is COC(=O)C(C)NC(CO)Cc1ccccc1. The Hall–Kier alpha value is -1.39. The third-order valence-corrected chi connectivity index (χ3v) is 2.59. The highest BCUT2D eigenvalue weighted by Gasteiger charge is 2.17. The Bertz CT molecular complexity index is 340. The van der Waals surface area contributed by atoms with Gasteiger partial charge >= 0.3 is 5.97 Å². The number of aliphatic hydroxyl groups excluding tert-OH is 1. The maximum Gasteiger partial charge on any atom is 0.322 e. The number of hydrogen-bond donors (Lipinski definition) is 2. The number of carbonyl (C=O) groups excluding carboxylic acids is 1. The standard InChI is InChI=1S/C13H19NO3/c1-10(13(16)17-2)14-12(9-15)8-11-6-4-3-5-7-11/h3-7,10,12,14-15H,8-9H2,1-2H3. The van der Waals surface area contributed by atoms with Crippen LogP contribution in [0.1, 0.15) is 12.5 Å². The fraction of sp³-hybridized carbons (Fsp3) is 0.462. The molecular weight excluding hydrogens is 218 g/mol. The second-order valence-electron chi connectivity index (χ2n) is 3.98. The number of nitrogens with one attached hydrogen (secondary N) is 1. The van der Waals surface area contributed by atoms with Crippen molar-refractivity contribution in [3.8, 4) is 0 Å². The van der Waals surface area contributed by atoms with Crippen molar-refractivity contribution in [3.63, 3.8) is 0 Å². The summed E-state index contributed by atoms with van der Waals surface area (Å²) >= 11 is 0. The van der Waals surface area contributed by atoms with E-state index >= 15 is 0 Å². The van der Waals surface area contributed by atoms with Gasteiger partial charge in [0, 0.05) is 6.04 Å². The second-order valence-corrected chi connectivity index (χ2v) is 3.98. The van der Waals surface area contributed by atoms with Crippen LogP contribution >= 0.6 is 0 Å². The Morgan fingerprint density at radius 2 is 2.06 bits per heavy atom. The molecule has 0 radical (unpaired) electrons. The summed E-state index contributed by atoms with van der Waals surface area (Å²) in [5.41, 5.74) is 1.12. The van der Waals surface area contributed by atoms with Crippen molar-refractivity contribution in [2.45, 2.75) is 25.4 Å². The highest BCUT2D eigenvalue weighted by atomic mass is 16.5. The van der Waals surface area contributed by atoms with E-state index in [1.165, 1.54) is 7.11 Å². The van der Waals surface area contributed by atoms with Crippen molar-refractivity contribution in [3.05, 3.63) is 35.9 Å². The summed E-state index contributed by atoms with van der Waals surface area (Å²) < 4.78 is 4.62. The molecular formula is C13H19NO3. The minimum absolute atomic E-state index is 0.0176. The molecule has 0 bridgehead atoms. The van der Waals surface area contributed by atoms with Gasteiger partial charge in [0.2, 0.25) is 0 Å². The lowest BCUT2D eigenvalue weighted by Gasteiger charge is -2.20. The first-order chi connectivity index (χ1) is 8.17. The molecule has 0 heterocycles. The first-order valence-electron chi connectivity index (χ1n) is 5.66. The van der Waals surface area contributed by atoms with E-state index in [0.717, 1.165) is 5.56 Å². The second kappa shape index (κ2) is 7.04. The van der Waals surface area contributed by atoms with E-state index < -0.39 is 6.04 Å². The molecule has 0 aliphatic heterocycles. The van der Waals surface area contributed by atoms with Crippen molar-refractivity contribution in [2.24, 2.45) is 0 Å². The van der Waals surface area contributed by atoms with Crippen LogP contribution < -0.4 is 5.32 Å². The quantitative estimate of drug-likeness (QED) is 0.717. The van der Waals surface area contributed by atoms with Gasteiger partial charge in [-0.05, 0) is 18.9 Å². The molecule has 2 unspecified atom stereocenters. The zero-order chi connectivity index (χ0) is 12.7. The molecule has 0 saturated carbocycles. The summed E-state index contributed by atoms with van der Waals surface area (Å²) in [7, 11) is 1.35. The molecule has 0 amide bonds. The van der Waals surface area contributed by atoms with Gasteiger partial charge in [0.15, 0.2) is 0 Å². The summed E-state index contributed by atoms with van der Waals surface area (Å²) in [6.45, 7) is 1.70. The minimum Gasteiger partial charge on any atom is -0.468 e. The Morgan fingerprint density at radius 3 is 2.59 bits per heavy atom. The summed E-state index contributed by atoms with van der Waals surface area (Å²) in [4.78, 5) is 11.2. The number of rotatable bonds is 6. The number of aliphatic hydroxyl groups is 1. The van der Waals surface area contributed by atoms with Crippen LogP contribution in [0.15, 0.2) is 30.3 Å². The van der Waals surface area contributed by atoms with E-state index in [2.05, 4.69) is 10.1 Å². The lowest BCUT2D eigenvalue weighted by Crippen LogP contribution is -2.44. The summed E-state index contributed by atoms with van der Waals surface area (Å²) in [6, 6.07) is 9.27. The number of ether oxygens (including phenoxy) is 1. The molecule has 1 aromatic carbocycles. The van der Waals surface area contributed by atoms with E-state index in [1.807, 2.05) is 30.3 Å². The van der Waals surface area contributed by atoms with Crippen molar-refractivity contribution < 1.29 is 14.6 Å². The van der Waals surface area contributed by atoms with Crippen LogP contribution in [0.4, 0.5) is 0 Å². The maximum absolute atomic E-state index is 11.2. The van der Waals surface area contributed by atoms with E-state index in [1.54, 1.807) is 6.92 Å². The summed E-state index contributed by atoms with van der Waals surface area (Å²) in [5, 5.41) is 12.3. The predicted molar refractivity (Wildman–Crippen MR) is 65.6 cm³/mol. The summed E-state index contributed by atoms with van der Waals surface area (Å²) in [6.07, 6.45) is 0.679. The van der Waals surface area contributed by atoms with Gasteiger partial charge in [-0.15, -0.1) is 0 Å². The first kappa shape index (κ1) is 13.7. The van der Waals surface area contributed by atoms with Crippen LogP contribution in [0, 0.1) is 0 Å². The van der Waals surface area contributed by atoms with Gasteiger partial charge in [-0.2, -0.15) is 0 Å². The van der Waals surface area contributed by atoms with Crippen LogP contribution in [0.5, 0.6) is 0 Å². The molecule has 2 N–H and O–H groups in total. The van der Waals surface area contributed by atoms with Crippen LogP contribution in [0.2, 0.25) is 0 Å². The zero-order valence-electron chi connectivity index (χ0n) is 10.2. The first-order valence-corrected chi connectivity index (χ1v) is 5.66. The fourth-order valence-electron chi connectivity index (χ4n) is 1.67. The zero-order valence-corrected chi connectivity index (χ0v) is 10.2. The monoisotopic (exact) mass is 237 g/mol. The molecule has 0 saturated heterocycles. The molecule has 2 atom stereocenters. The lowest BCUT2D eigenvalue weighted by atomic mass is 10.1. The van der Waals surface area contributed by atoms with Gasteiger partial charge < -0.3 is 9.84 Å². The van der Waals surface area contributed by atoms with Gasteiger partial charge in [0.1, 0.15) is 6.04 Å². The largest absolute Gasteiger partial charge is 0.468 e. The Morgan fingerprint density at radius 1 is 1.41 bits per heavy atom. The molecule has 0 aliphatic carbocycles. The Kier molecular flexibility index (Phi) is 5.66. The topological polar surface area (TPSA) is 58.6 Å². The van der Waals surface area contributed by atoms with Crippen molar-refractivity contribution in [2.75, 3.05) is 13.7 Å². The number of esters is 1. The smallest absolute Gasteiger partial charge is 0.322 e. The molecule has 0 aliphatic rings. The number of hydrogen-bond acceptors (Lipinski definition) is 4. The van der Waals surface area contributed by atoms with Crippen LogP contribution in [0.3, 0.4) is 0 Å². The molecule has 17 heavy (non-hydrogen) atoms. The molecule has 94 valence electrons. The molecule has 4 heteroatoms. The third-order valence-electron chi connectivity index (χ3n) is 2.59. The van der Waals surface area contributed by atoms with Crippen molar-refractivity contribution in [1.29, 1.82) is 0 Å². The van der Waals surface area contributed by atoms with E-state index in [-0.39, 0.29) is 18.6 Å². The van der Waals surface area contributed by atoms with E-state index in [0.29, 0.717) is 6.42 Å². The molecule has 0 spiro atoms. The van der Waals surface area contributed by atoms with Crippen LogP contribution in [-0.2, 0) is 16.0 Å². The highest BCUT2D eigenvalue weighted by molar-refractivity contribution is 5.75. The molecule has 1 aromatic rings. The van der Waals surface area contributed by atoms with Crippen molar-refractivity contribution >= 4 is 5.97 Å². The van der Waals surface area contributed by atoms with Crippen LogP contribution in [-0.4, -0.2) is 36.9 Å². The molecule has 1 rings (SSSR count). The van der Waals surface area contributed by atoms with Crippen molar-refractivity contribution in [1.82, 2.24) is 5.32 Å². The van der Waals surface area contributed by atoms with Gasteiger partial charge in [-0.1, -0.05) is 30.3 Å². The van der Waals surface area contributed by atoms with Gasteiger partial charge in [-0.25, -0.2) is 0 Å². The minimum atomic E-state index is -0.416. The van der Waals surface area contributed by atoms with E-state index in [4.69, 9.17) is 0 Å². The third kappa shape index (κ3) is 4.54. The predicted octanol–water partition coefficient (Wildman–Crippen LogP) is 0.741. The van der Waals surface area contributed by atoms with Crippen LogP contribution in [0.25, 0.3) is 0 Å². The number of carbonyl (C=O) groups is 1. The normalized spacial score (nSPS) is 14.1. The van der Waals surface area contributed by atoms with E-state index in [9.17, 15) is 9.90 Å². The average Bonchev–Trinajstić information content (AvgIpc) is 2.38. The van der Waals surface area contributed by atoms with Gasteiger partial charge in [0.05, 0.1) is 13.7 Å². The highest BCUT2D eigenvalue weighted by Crippen LogP contribution is 2.03. The van der Waals surface area contributed by atoms with Gasteiger partial charge in [-0.3, -0.25) is 10.1 Å². The number of methoxy groups -OCH3 is 1. The summed E-state index contributed by atoms with van der Waals surface area (Å²) in [5.74, 6) is -0.323. The fourth-order valence-corrected chi connectivity index (χ4v) is 1.67. The average molecular weight is 237 g/mol. The molecule has 0 aromatic heterocycles. The Balaban J connectivity index is 2.52. The maximum atomic E-state index is 11.2.